The highest BCUT2D eigenvalue weighted by Crippen LogP contribution is 2.29. The van der Waals surface area contributed by atoms with Crippen LogP contribution in [0, 0.1) is 0 Å². The SMILES string of the molecule is COc1ccc(C(=O)Oc2ccc3nc(-c4ccccn4)oc3c2)cc1OC. The van der Waals surface area contributed by atoms with E-state index < -0.39 is 5.97 Å². The zero-order valence-electron chi connectivity index (χ0n) is 15.2. The van der Waals surface area contributed by atoms with Gasteiger partial charge >= 0.3 is 5.97 Å². The molecule has 0 unspecified atom stereocenters. The van der Waals surface area contributed by atoms with Gasteiger partial charge in [-0.3, -0.25) is 4.98 Å². The molecule has 2 aromatic heterocycles. The second kappa shape index (κ2) is 7.40. The van der Waals surface area contributed by atoms with Gasteiger partial charge < -0.3 is 18.6 Å². The molecular weight excluding hydrogens is 360 g/mol. The number of fused-ring (bicyclic) bond motifs is 1. The third kappa shape index (κ3) is 3.37. The minimum atomic E-state index is -0.523. The van der Waals surface area contributed by atoms with E-state index in [9.17, 15) is 4.79 Å². The summed E-state index contributed by atoms with van der Waals surface area (Å²) in [6.45, 7) is 0. The van der Waals surface area contributed by atoms with Crippen LogP contribution < -0.4 is 14.2 Å². The number of nitrogens with zero attached hydrogens (tertiary/aromatic N) is 2. The van der Waals surface area contributed by atoms with Crippen molar-refractivity contribution in [2.75, 3.05) is 14.2 Å². The third-order valence-electron chi connectivity index (χ3n) is 4.07. The molecule has 4 aromatic rings. The molecule has 0 aliphatic heterocycles. The zero-order valence-corrected chi connectivity index (χ0v) is 15.2. The van der Waals surface area contributed by atoms with E-state index >= 15 is 0 Å². The van der Waals surface area contributed by atoms with E-state index in [1.54, 1.807) is 42.6 Å². The van der Waals surface area contributed by atoms with Crippen LogP contribution in [0.1, 0.15) is 10.4 Å². The molecule has 2 heterocycles. The van der Waals surface area contributed by atoms with Gasteiger partial charge in [-0.15, -0.1) is 0 Å². The van der Waals surface area contributed by atoms with Crippen molar-refractivity contribution in [3.63, 3.8) is 0 Å². The van der Waals surface area contributed by atoms with Gasteiger partial charge in [-0.1, -0.05) is 6.07 Å². The van der Waals surface area contributed by atoms with Gasteiger partial charge in [-0.25, -0.2) is 9.78 Å². The number of hydrogen-bond donors (Lipinski definition) is 0. The normalized spacial score (nSPS) is 10.6. The maximum Gasteiger partial charge on any atom is 0.343 e. The number of aromatic nitrogens is 2. The average Bonchev–Trinajstić information content (AvgIpc) is 3.17. The number of pyridine rings is 1. The molecule has 0 aliphatic carbocycles. The fourth-order valence-electron chi connectivity index (χ4n) is 2.70. The molecule has 7 nitrogen and oxygen atoms in total. The van der Waals surface area contributed by atoms with Gasteiger partial charge in [0.2, 0.25) is 5.89 Å². The first-order chi connectivity index (χ1) is 13.7. The maximum absolute atomic E-state index is 12.5. The van der Waals surface area contributed by atoms with Crippen molar-refractivity contribution in [1.82, 2.24) is 9.97 Å². The molecule has 0 atom stereocenters. The summed E-state index contributed by atoms with van der Waals surface area (Å²) in [4.78, 5) is 21.1. The number of benzene rings is 2. The van der Waals surface area contributed by atoms with Gasteiger partial charge in [0.25, 0.3) is 0 Å². The van der Waals surface area contributed by atoms with Gasteiger partial charge in [0, 0.05) is 12.3 Å². The second-order valence-corrected chi connectivity index (χ2v) is 5.82. The molecule has 7 heteroatoms. The summed E-state index contributed by atoms with van der Waals surface area (Å²) in [6.07, 6.45) is 1.67. The summed E-state index contributed by atoms with van der Waals surface area (Å²) in [5, 5.41) is 0. The second-order valence-electron chi connectivity index (χ2n) is 5.82. The summed E-state index contributed by atoms with van der Waals surface area (Å²) in [5.41, 5.74) is 2.11. The zero-order chi connectivity index (χ0) is 19.5. The smallest absolute Gasteiger partial charge is 0.343 e. The molecule has 4 rings (SSSR count). The number of ether oxygens (including phenoxy) is 3. The van der Waals surface area contributed by atoms with Gasteiger partial charge in [-0.05, 0) is 42.5 Å². The van der Waals surface area contributed by atoms with Crippen molar-refractivity contribution in [2.45, 2.75) is 0 Å². The number of carbonyl (C=O) groups excluding carboxylic acids is 1. The Bertz CT molecular complexity index is 1140. The Morgan fingerprint density at radius 1 is 0.964 bits per heavy atom. The molecule has 28 heavy (non-hydrogen) atoms. The highest BCUT2D eigenvalue weighted by Gasteiger charge is 2.15. The van der Waals surface area contributed by atoms with E-state index in [1.165, 1.54) is 14.2 Å². The van der Waals surface area contributed by atoms with Crippen molar-refractivity contribution in [3.8, 4) is 28.8 Å². The van der Waals surface area contributed by atoms with Gasteiger partial charge in [-0.2, -0.15) is 0 Å². The van der Waals surface area contributed by atoms with E-state index in [-0.39, 0.29) is 0 Å². The van der Waals surface area contributed by atoms with Crippen molar-refractivity contribution >= 4 is 17.1 Å². The lowest BCUT2D eigenvalue weighted by Gasteiger charge is -2.09. The van der Waals surface area contributed by atoms with Crippen molar-refractivity contribution in [3.05, 3.63) is 66.4 Å². The van der Waals surface area contributed by atoms with Crippen LogP contribution in [0.5, 0.6) is 17.2 Å². The molecule has 2 aromatic carbocycles. The molecule has 0 fully saturated rings. The molecule has 0 amide bonds. The summed E-state index contributed by atoms with van der Waals surface area (Å²) in [7, 11) is 3.03. The highest BCUT2D eigenvalue weighted by molar-refractivity contribution is 5.92. The number of oxazole rings is 1. The van der Waals surface area contributed by atoms with Crippen LogP contribution in [-0.2, 0) is 0 Å². The largest absolute Gasteiger partial charge is 0.493 e. The summed E-state index contributed by atoms with van der Waals surface area (Å²) >= 11 is 0. The molecule has 140 valence electrons. The number of carbonyl (C=O) groups is 1. The Morgan fingerprint density at radius 3 is 2.57 bits per heavy atom. The van der Waals surface area contributed by atoms with Crippen LogP contribution in [0.4, 0.5) is 0 Å². The lowest BCUT2D eigenvalue weighted by atomic mass is 10.2. The predicted molar refractivity (Wildman–Crippen MR) is 102 cm³/mol. The monoisotopic (exact) mass is 376 g/mol. The molecule has 0 bridgehead atoms. The standard InChI is InChI=1S/C21H16N2O5/c1-25-17-9-6-13(11-19(17)26-2)21(24)27-14-7-8-15-18(12-14)28-20(23-15)16-5-3-4-10-22-16/h3-12H,1-2H3. The summed E-state index contributed by atoms with van der Waals surface area (Å²) in [5.74, 6) is 1.20. The number of methoxy groups -OCH3 is 2. The topological polar surface area (TPSA) is 83.7 Å². The third-order valence-corrected chi connectivity index (χ3v) is 4.07. The fourth-order valence-corrected chi connectivity index (χ4v) is 2.70. The summed E-state index contributed by atoms with van der Waals surface area (Å²) in [6, 6.07) is 15.3. The van der Waals surface area contributed by atoms with Gasteiger partial charge in [0.1, 0.15) is 17.0 Å². The van der Waals surface area contributed by atoms with E-state index in [2.05, 4.69) is 9.97 Å². The maximum atomic E-state index is 12.5. The van der Waals surface area contributed by atoms with E-state index in [0.717, 1.165) is 0 Å². The van der Waals surface area contributed by atoms with Crippen LogP contribution in [0.3, 0.4) is 0 Å². The molecule has 0 saturated heterocycles. The van der Waals surface area contributed by atoms with Crippen LogP contribution >= 0.6 is 0 Å². The van der Waals surface area contributed by atoms with Crippen LogP contribution in [0.15, 0.2) is 65.2 Å². The van der Waals surface area contributed by atoms with E-state index in [1.807, 2.05) is 18.2 Å². The molecular formula is C21H16N2O5. The molecule has 0 aliphatic rings. The Hall–Kier alpha value is -3.87. The summed E-state index contributed by atoms with van der Waals surface area (Å²) < 4.78 is 21.6. The fraction of sp³-hybridized carbons (Fsp3) is 0.0952. The van der Waals surface area contributed by atoms with E-state index in [0.29, 0.717) is 45.5 Å². The Balaban J connectivity index is 1.58. The lowest BCUT2D eigenvalue weighted by molar-refractivity contribution is 0.0734. The minimum absolute atomic E-state index is 0.337. The minimum Gasteiger partial charge on any atom is -0.493 e. The quantitative estimate of drug-likeness (QED) is 0.382. The average molecular weight is 376 g/mol. The predicted octanol–water partition coefficient (Wildman–Crippen LogP) is 4.13. The molecule has 0 N–H and O–H groups in total. The molecule has 0 saturated carbocycles. The van der Waals surface area contributed by atoms with E-state index in [4.69, 9.17) is 18.6 Å². The first kappa shape index (κ1) is 17.5. The van der Waals surface area contributed by atoms with Crippen molar-refractivity contribution in [2.24, 2.45) is 0 Å². The van der Waals surface area contributed by atoms with Crippen LogP contribution in [-0.4, -0.2) is 30.2 Å². The van der Waals surface area contributed by atoms with Gasteiger partial charge in [0.15, 0.2) is 17.1 Å². The molecule has 0 radical (unpaired) electrons. The van der Waals surface area contributed by atoms with Crippen molar-refractivity contribution < 1.29 is 23.4 Å². The first-order valence-electron chi connectivity index (χ1n) is 8.44. The first-order valence-corrected chi connectivity index (χ1v) is 8.44. The number of hydrogen-bond acceptors (Lipinski definition) is 7. The Kier molecular flexibility index (Phi) is 4.63. The Morgan fingerprint density at radius 2 is 1.82 bits per heavy atom. The van der Waals surface area contributed by atoms with Crippen LogP contribution in [0.25, 0.3) is 22.7 Å². The Labute approximate surface area is 160 Å². The van der Waals surface area contributed by atoms with Gasteiger partial charge in [0.05, 0.1) is 19.8 Å². The number of rotatable bonds is 5. The molecule has 0 spiro atoms. The van der Waals surface area contributed by atoms with Crippen LogP contribution in [0.2, 0.25) is 0 Å². The highest BCUT2D eigenvalue weighted by atomic mass is 16.5. The van der Waals surface area contributed by atoms with Crippen molar-refractivity contribution in [1.29, 1.82) is 0 Å². The lowest BCUT2D eigenvalue weighted by Crippen LogP contribution is -2.08. The number of esters is 1.